The molecule has 0 amide bonds. The number of thiazole rings is 1. The molecule has 0 saturated carbocycles. The number of rotatable bonds is 5. The van der Waals surface area contributed by atoms with Crippen LogP contribution in [0.15, 0.2) is 59.3 Å². The van der Waals surface area contributed by atoms with Gasteiger partial charge in [-0.3, -0.25) is 0 Å². The molecule has 0 atom stereocenters. The van der Waals surface area contributed by atoms with Gasteiger partial charge in [0.15, 0.2) is 0 Å². The molecule has 4 heteroatoms. The molecular formula is C15H14N2OS. The van der Waals surface area contributed by atoms with Gasteiger partial charge in [-0.05, 0) is 17.7 Å². The van der Waals surface area contributed by atoms with Crippen molar-refractivity contribution in [3.63, 3.8) is 0 Å². The van der Waals surface area contributed by atoms with Crippen LogP contribution in [0.25, 0.3) is 10.4 Å². The summed E-state index contributed by atoms with van der Waals surface area (Å²) < 4.78 is 5.27. The molecule has 3 nitrogen and oxygen atoms in total. The maximum atomic E-state index is 5.27. The highest BCUT2D eigenvalue weighted by molar-refractivity contribution is 7.15. The van der Waals surface area contributed by atoms with Crippen LogP contribution in [0.2, 0.25) is 0 Å². The van der Waals surface area contributed by atoms with Crippen LogP contribution in [-0.4, -0.2) is 4.98 Å². The molecule has 2 aromatic heterocycles. The molecular weight excluding hydrogens is 256 g/mol. The fourth-order valence-electron chi connectivity index (χ4n) is 1.83. The van der Waals surface area contributed by atoms with E-state index in [1.165, 1.54) is 10.4 Å². The first-order chi connectivity index (χ1) is 9.42. The van der Waals surface area contributed by atoms with E-state index in [-0.39, 0.29) is 0 Å². The van der Waals surface area contributed by atoms with Crippen molar-refractivity contribution in [2.24, 2.45) is 0 Å². The van der Waals surface area contributed by atoms with Crippen LogP contribution in [0.3, 0.4) is 0 Å². The summed E-state index contributed by atoms with van der Waals surface area (Å²) in [6, 6.07) is 14.2. The molecule has 0 aliphatic heterocycles. The van der Waals surface area contributed by atoms with Crippen LogP contribution >= 0.6 is 11.3 Å². The van der Waals surface area contributed by atoms with Crippen LogP contribution in [0, 0.1) is 0 Å². The number of nitrogens with one attached hydrogen (secondary N) is 1. The normalized spacial score (nSPS) is 10.7. The van der Waals surface area contributed by atoms with Crippen LogP contribution in [0.5, 0.6) is 0 Å². The average molecular weight is 270 g/mol. The first-order valence-electron chi connectivity index (χ1n) is 6.15. The van der Waals surface area contributed by atoms with Crippen LogP contribution < -0.4 is 5.32 Å². The Kier molecular flexibility index (Phi) is 3.72. The molecule has 3 rings (SSSR count). The predicted molar refractivity (Wildman–Crippen MR) is 76.8 cm³/mol. The van der Waals surface area contributed by atoms with E-state index in [0.717, 1.165) is 23.9 Å². The zero-order valence-corrected chi connectivity index (χ0v) is 11.2. The lowest BCUT2D eigenvalue weighted by molar-refractivity contribution is 0.483. The summed E-state index contributed by atoms with van der Waals surface area (Å²) in [6.07, 6.45) is 3.62. The van der Waals surface area contributed by atoms with E-state index >= 15 is 0 Å². The van der Waals surface area contributed by atoms with Crippen molar-refractivity contribution in [3.8, 4) is 10.4 Å². The van der Waals surface area contributed by atoms with Crippen molar-refractivity contribution >= 4 is 11.3 Å². The minimum Gasteiger partial charge on any atom is -0.468 e. The Morgan fingerprint density at radius 1 is 1.05 bits per heavy atom. The lowest BCUT2D eigenvalue weighted by Crippen LogP contribution is -2.11. The maximum absolute atomic E-state index is 5.27. The minimum absolute atomic E-state index is 0.729. The molecule has 0 bridgehead atoms. The molecule has 1 N–H and O–H groups in total. The van der Waals surface area contributed by atoms with Gasteiger partial charge in [-0.25, -0.2) is 4.98 Å². The van der Waals surface area contributed by atoms with Gasteiger partial charge in [-0.1, -0.05) is 30.3 Å². The van der Waals surface area contributed by atoms with E-state index in [2.05, 4.69) is 22.4 Å². The summed E-state index contributed by atoms with van der Waals surface area (Å²) in [7, 11) is 0. The molecule has 2 heterocycles. The van der Waals surface area contributed by atoms with Gasteiger partial charge in [0, 0.05) is 12.7 Å². The minimum atomic E-state index is 0.729. The number of hydrogen-bond donors (Lipinski definition) is 1. The number of nitrogens with zero attached hydrogens (tertiary/aromatic N) is 1. The summed E-state index contributed by atoms with van der Waals surface area (Å²) in [6.45, 7) is 1.49. The molecule has 0 spiro atoms. The molecule has 0 unspecified atom stereocenters. The Morgan fingerprint density at radius 3 is 2.74 bits per heavy atom. The van der Waals surface area contributed by atoms with Crippen LogP contribution in [-0.2, 0) is 13.1 Å². The Balaban J connectivity index is 1.59. The Hall–Kier alpha value is -1.91. The van der Waals surface area contributed by atoms with E-state index in [1.54, 1.807) is 17.6 Å². The third-order valence-electron chi connectivity index (χ3n) is 2.77. The second-order valence-electron chi connectivity index (χ2n) is 4.17. The maximum Gasteiger partial charge on any atom is 0.117 e. The van der Waals surface area contributed by atoms with Gasteiger partial charge in [-0.2, -0.15) is 0 Å². The number of benzene rings is 1. The highest BCUT2D eigenvalue weighted by Gasteiger charge is 2.04. The smallest absolute Gasteiger partial charge is 0.117 e. The van der Waals surface area contributed by atoms with Crippen molar-refractivity contribution < 1.29 is 4.42 Å². The van der Waals surface area contributed by atoms with Crippen molar-refractivity contribution in [3.05, 3.63) is 65.7 Å². The van der Waals surface area contributed by atoms with Gasteiger partial charge in [0.05, 0.1) is 17.7 Å². The van der Waals surface area contributed by atoms with Crippen molar-refractivity contribution in [2.75, 3.05) is 0 Å². The molecule has 96 valence electrons. The van der Waals surface area contributed by atoms with E-state index in [0.29, 0.717) is 0 Å². The second-order valence-corrected chi connectivity index (χ2v) is 5.28. The molecule has 0 radical (unpaired) electrons. The predicted octanol–water partition coefficient (Wildman–Crippen LogP) is 3.69. The average Bonchev–Trinajstić information content (AvgIpc) is 3.11. The standard InChI is InChI=1S/C15H14N2OS/c1-2-5-12(6-3-1)14-10-17-15(19-14)11-16-9-13-7-4-8-18-13/h1-8,10,16H,9,11H2. The van der Waals surface area contributed by atoms with Crippen molar-refractivity contribution in [2.45, 2.75) is 13.1 Å². The SMILES string of the molecule is c1ccc(-c2cnc(CNCc3ccco3)s2)cc1. The summed E-state index contributed by atoms with van der Waals surface area (Å²) in [5.74, 6) is 0.944. The summed E-state index contributed by atoms with van der Waals surface area (Å²) in [5, 5.41) is 4.41. The number of hydrogen-bond acceptors (Lipinski definition) is 4. The molecule has 0 aliphatic carbocycles. The molecule has 3 aromatic rings. The molecule has 0 aliphatic rings. The molecule has 19 heavy (non-hydrogen) atoms. The van der Waals surface area contributed by atoms with Crippen molar-refractivity contribution in [1.29, 1.82) is 0 Å². The zero-order chi connectivity index (χ0) is 12.9. The Morgan fingerprint density at radius 2 is 1.95 bits per heavy atom. The summed E-state index contributed by atoms with van der Waals surface area (Å²) in [5.41, 5.74) is 1.22. The Labute approximate surface area is 115 Å². The topological polar surface area (TPSA) is 38.1 Å². The molecule has 0 saturated heterocycles. The monoisotopic (exact) mass is 270 g/mol. The van der Waals surface area contributed by atoms with E-state index in [9.17, 15) is 0 Å². The third kappa shape index (κ3) is 3.10. The highest BCUT2D eigenvalue weighted by atomic mass is 32.1. The van der Waals surface area contributed by atoms with Gasteiger partial charge in [-0.15, -0.1) is 11.3 Å². The van der Waals surface area contributed by atoms with Gasteiger partial charge >= 0.3 is 0 Å². The van der Waals surface area contributed by atoms with E-state index in [4.69, 9.17) is 4.42 Å². The number of furan rings is 1. The van der Waals surface area contributed by atoms with Crippen molar-refractivity contribution in [1.82, 2.24) is 10.3 Å². The first-order valence-corrected chi connectivity index (χ1v) is 6.97. The quantitative estimate of drug-likeness (QED) is 0.768. The zero-order valence-electron chi connectivity index (χ0n) is 10.4. The summed E-state index contributed by atoms with van der Waals surface area (Å²) in [4.78, 5) is 5.64. The molecule has 0 fully saturated rings. The van der Waals surface area contributed by atoms with Gasteiger partial charge < -0.3 is 9.73 Å². The van der Waals surface area contributed by atoms with Gasteiger partial charge in [0.25, 0.3) is 0 Å². The molecule has 1 aromatic carbocycles. The fraction of sp³-hybridized carbons (Fsp3) is 0.133. The van der Waals surface area contributed by atoms with E-state index in [1.807, 2.05) is 36.5 Å². The van der Waals surface area contributed by atoms with Gasteiger partial charge in [0.1, 0.15) is 10.8 Å². The fourth-order valence-corrected chi connectivity index (χ4v) is 2.73. The summed E-state index contributed by atoms with van der Waals surface area (Å²) >= 11 is 1.72. The third-order valence-corrected chi connectivity index (χ3v) is 3.81. The first kappa shape index (κ1) is 12.1. The number of aromatic nitrogens is 1. The lowest BCUT2D eigenvalue weighted by Gasteiger charge is -1.98. The van der Waals surface area contributed by atoms with Crippen LogP contribution in [0.4, 0.5) is 0 Å². The lowest BCUT2D eigenvalue weighted by atomic mass is 10.2. The van der Waals surface area contributed by atoms with Crippen LogP contribution in [0.1, 0.15) is 10.8 Å². The Bertz CT molecular complexity index is 617. The van der Waals surface area contributed by atoms with Gasteiger partial charge in [0.2, 0.25) is 0 Å². The second kappa shape index (κ2) is 5.82. The van der Waals surface area contributed by atoms with E-state index < -0.39 is 0 Å². The highest BCUT2D eigenvalue weighted by Crippen LogP contribution is 2.25. The largest absolute Gasteiger partial charge is 0.468 e.